The first-order valence-corrected chi connectivity index (χ1v) is 20.9. The highest BCUT2D eigenvalue weighted by Crippen LogP contribution is 2.67. The second-order valence-electron chi connectivity index (χ2n) is 16.1. The maximum absolute atomic E-state index is 16.8. The van der Waals surface area contributed by atoms with E-state index in [-0.39, 0.29) is 34.7 Å². The van der Waals surface area contributed by atoms with E-state index in [4.69, 9.17) is 18.3 Å². The highest BCUT2D eigenvalue weighted by molar-refractivity contribution is 6.66. The van der Waals surface area contributed by atoms with Gasteiger partial charge in [-0.15, -0.1) is 0 Å². The molecule has 2 fully saturated rings. The molecule has 3 heterocycles. The molecule has 1 aromatic carbocycles. The Kier molecular flexibility index (Phi) is 10.6. The molecule has 6 rings (SSSR count). The molecule has 11 heteroatoms. The molecule has 278 valence electrons. The molecule has 0 radical (unpaired) electrons. The number of carbonyl (C=O) groups is 1. The Morgan fingerprint density at radius 3 is 2.40 bits per heavy atom. The maximum atomic E-state index is 16.8. The Hall–Kier alpha value is -3.85. The summed E-state index contributed by atoms with van der Waals surface area (Å²) in [6, 6.07) is 14.3. The minimum Gasteiger partial charge on any atom is -0.482 e. The number of benzene rings is 1. The number of fused-ring (bicyclic) bond motifs is 4. The minimum atomic E-state index is -3.54. The SMILES string of the molecule is CCCC[Si](F)(CCCC)OC1CCC2(C)C(CC(OC(=O)c3ccc(C#N)cc3)C3(C)Oc4cc(-c5cccnc5)oc(=O)c4C(O)C23)C1(C)C. The number of esters is 1. The number of rotatable bonds is 11. The second-order valence-corrected chi connectivity index (χ2v) is 19.1. The first-order valence-electron chi connectivity index (χ1n) is 18.7. The van der Waals surface area contributed by atoms with E-state index in [1.807, 2.05) is 6.92 Å². The Bertz CT molecular complexity index is 1850. The van der Waals surface area contributed by atoms with E-state index in [0.29, 0.717) is 42.5 Å². The molecule has 1 N–H and O–H groups in total. The predicted octanol–water partition coefficient (Wildman–Crippen LogP) is 8.84. The largest absolute Gasteiger partial charge is 0.482 e. The van der Waals surface area contributed by atoms with E-state index < -0.39 is 54.8 Å². The number of aliphatic hydroxyl groups excluding tert-OH is 1. The number of nitrogens with zero attached hydrogens (tertiary/aromatic N) is 2. The fourth-order valence-corrected chi connectivity index (χ4v) is 12.8. The molecule has 0 bridgehead atoms. The molecule has 2 saturated carbocycles. The number of aromatic nitrogens is 1. The number of halogens is 1. The first kappa shape index (κ1) is 37.9. The van der Waals surface area contributed by atoms with Gasteiger partial charge in [0.05, 0.1) is 29.4 Å². The van der Waals surface area contributed by atoms with Crippen molar-refractivity contribution in [3.63, 3.8) is 0 Å². The van der Waals surface area contributed by atoms with Gasteiger partial charge in [-0.05, 0) is 91.4 Å². The summed E-state index contributed by atoms with van der Waals surface area (Å²) in [7, 11) is -3.54. The highest BCUT2D eigenvalue weighted by atomic mass is 28.4. The zero-order valence-corrected chi connectivity index (χ0v) is 32.1. The summed E-state index contributed by atoms with van der Waals surface area (Å²) in [6.45, 7) is 12.3. The molecular formula is C41H51FN2O7Si. The van der Waals surface area contributed by atoms with Gasteiger partial charge >= 0.3 is 20.2 Å². The fraction of sp³-hybridized carbons (Fsp3) is 0.561. The Morgan fingerprint density at radius 1 is 1.10 bits per heavy atom. The summed E-state index contributed by atoms with van der Waals surface area (Å²) in [4.78, 5) is 31.7. The topological polar surface area (TPSA) is 132 Å². The number of hydrogen-bond acceptors (Lipinski definition) is 9. The van der Waals surface area contributed by atoms with Crippen LogP contribution in [-0.2, 0) is 9.16 Å². The third-order valence-electron chi connectivity index (χ3n) is 12.4. The summed E-state index contributed by atoms with van der Waals surface area (Å²) in [5.74, 6) is -1.11. The quantitative estimate of drug-likeness (QED) is 0.117. The van der Waals surface area contributed by atoms with Crippen molar-refractivity contribution in [1.82, 2.24) is 4.98 Å². The van der Waals surface area contributed by atoms with Crippen LogP contribution in [0.25, 0.3) is 11.3 Å². The monoisotopic (exact) mass is 730 g/mol. The van der Waals surface area contributed by atoms with Crippen LogP contribution in [0.5, 0.6) is 5.75 Å². The van der Waals surface area contributed by atoms with Crippen molar-refractivity contribution < 1.29 is 32.3 Å². The van der Waals surface area contributed by atoms with Crippen molar-refractivity contribution in [2.24, 2.45) is 22.7 Å². The van der Waals surface area contributed by atoms with Crippen LogP contribution in [0.1, 0.15) is 114 Å². The van der Waals surface area contributed by atoms with E-state index in [9.17, 15) is 20.0 Å². The molecule has 9 nitrogen and oxygen atoms in total. The summed E-state index contributed by atoms with van der Waals surface area (Å²) >= 11 is 0. The van der Waals surface area contributed by atoms with Crippen LogP contribution in [0.3, 0.4) is 0 Å². The van der Waals surface area contributed by atoms with Gasteiger partial charge in [0, 0.05) is 29.9 Å². The van der Waals surface area contributed by atoms with E-state index in [1.54, 1.807) is 54.9 Å². The Balaban J connectivity index is 1.43. The third-order valence-corrected chi connectivity index (χ3v) is 15.3. The number of ether oxygens (including phenoxy) is 2. The molecule has 3 aromatic rings. The normalized spacial score (nSPS) is 29.1. The molecule has 2 aromatic heterocycles. The number of nitriles is 1. The van der Waals surface area contributed by atoms with Crippen LogP contribution in [0.15, 0.2) is 64.1 Å². The molecule has 0 saturated heterocycles. The lowest BCUT2D eigenvalue weighted by molar-refractivity contribution is -0.255. The van der Waals surface area contributed by atoms with Crippen molar-refractivity contribution in [2.75, 3.05) is 0 Å². The average molecular weight is 731 g/mol. The van der Waals surface area contributed by atoms with E-state index in [2.05, 4.69) is 45.7 Å². The third kappa shape index (κ3) is 6.74. The minimum absolute atomic E-state index is 0.0275. The van der Waals surface area contributed by atoms with Crippen LogP contribution in [0, 0.1) is 34.0 Å². The van der Waals surface area contributed by atoms with Gasteiger partial charge in [0.1, 0.15) is 28.8 Å². The smallest absolute Gasteiger partial charge is 0.383 e. The van der Waals surface area contributed by atoms with Crippen LogP contribution in [0.2, 0.25) is 12.1 Å². The van der Waals surface area contributed by atoms with Crippen LogP contribution in [0.4, 0.5) is 4.11 Å². The highest BCUT2D eigenvalue weighted by Gasteiger charge is 2.70. The Morgan fingerprint density at radius 2 is 1.79 bits per heavy atom. The van der Waals surface area contributed by atoms with Crippen molar-refractivity contribution in [1.29, 1.82) is 5.26 Å². The van der Waals surface area contributed by atoms with Gasteiger partial charge in [-0.3, -0.25) is 9.09 Å². The summed E-state index contributed by atoms with van der Waals surface area (Å²) in [5.41, 5.74) is -1.93. The maximum Gasteiger partial charge on any atom is 0.383 e. The predicted molar refractivity (Wildman–Crippen MR) is 196 cm³/mol. The average Bonchev–Trinajstić information content (AvgIpc) is 3.12. The van der Waals surface area contributed by atoms with E-state index >= 15 is 4.11 Å². The molecule has 1 aliphatic heterocycles. The number of unbranched alkanes of at least 4 members (excludes halogenated alkanes) is 2. The summed E-state index contributed by atoms with van der Waals surface area (Å²) in [5, 5.41) is 21.7. The van der Waals surface area contributed by atoms with Gasteiger partial charge in [0.15, 0.2) is 0 Å². The number of aliphatic hydroxyl groups is 1. The number of carbonyl (C=O) groups excluding carboxylic acids is 1. The van der Waals surface area contributed by atoms with Crippen LogP contribution < -0.4 is 10.4 Å². The molecular weight excluding hydrogens is 680 g/mol. The van der Waals surface area contributed by atoms with Crippen molar-refractivity contribution in [2.45, 2.75) is 122 Å². The lowest BCUT2D eigenvalue weighted by Crippen LogP contribution is -2.70. The fourth-order valence-electron chi connectivity index (χ4n) is 9.63. The molecule has 0 amide bonds. The van der Waals surface area contributed by atoms with Crippen molar-refractivity contribution >= 4 is 14.6 Å². The van der Waals surface area contributed by atoms with Crippen LogP contribution >= 0.6 is 0 Å². The molecule has 52 heavy (non-hydrogen) atoms. The summed E-state index contributed by atoms with van der Waals surface area (Å²) < 4.78 is 42.5. The molecule has 7 atom stereocenters. The molecule has 3 aliphatic rings. The molecule has 7 unspecified atom stereocenters. The lowest BCUT2D eigenvalue weighted by atomic mass is 9.43. The van der Waals surface area contributed by atoms with Crippen molar-refractivity contribution in [3.8, 4) is 23.1 Å². The van der Waals surface area contributed by atoms with Gasteiger partial charge in [0.25, 0.3) is 0 Å². The van der Waals surface area contributed by atoms with Gasteiger partial charge < -0.3 is 23.4 Å². The number of hydrogen-bond donors (Lipinski definition) is 1. The van der Waals surface area contributed by atoms with Gasteiger partial charge in [-0.2, -0.15) is 5.26 Å². The summed E-state index contributed by atoms with van der Waals surface area (Å²) in [6.07, 6.45) is 5.50. The van der Waals surface area contributed by atoms with E-state index in [0.717, 1.165) is 25.7 Å². The molecule has 2 aliphatic carbocycles. The van der Waals surface area contributed by atoms with Gasteiger partial charge in [-0.1, -0.05) is 60.3 Å². The number of pyridine rings is 1. The van der Waals surface area contributed by atoms with Crippen LogP contribution in [-0.4, -0.2) is 42.5 Å². The second kappa shape index (κ2) is 14.5. The standard InChI is InChI=1S/C41H51FN2O7Si/c1-7-9-20-52(42,21-10-8-2)51-32-17-18-40(5)31(39(32,3)4)23-33(49-37(46)27-15-13-26(24-43)14-16-27)41(6)36(40)35(45)34-30(50-41)22-29(48-38(34)47)28-12-11-19-44-25-28/h11-16,19,22,25,31-33,35-36,45H,7-10,17-18,20-21,23H2,1-6H3. The zero-order chi connectivity index (χ0) is 37.5. The first-order chi connectivity index (χ1) is 24.7. The zero-order valence-electron chi connectivity index (χ0n) is 31.1. The Labute approximate surface area is 306 Å². The van der Waals surface area contributed by atoms with Crippen molar-refractivity contribution in [3.05, 3.63) is 82.0 Å². The van der Waals surface area contributed by atoms with Gasteiger partial charge in [-0.25, -0.2) is 9.59 Å². The lowest BCUT2D eigenvalue weighted by Gasteiger charge is -2.66. The molecule has 0 spiro atoms. The van der Waals surface area contributed by atoms with E-state index in [1.165, 1.54) is 0 Å². The van der Waals surface area contributed by atoms with Gasteiger partial charge in [0.2, 0.25) is 0 Å².